The highest BCUT2D eigenvalue weighted by atomic mass is 14.2. The summed E-state index contributed by atoms with van der Waals surface area (Å²) >= 11 is 0. The van der Waals surface area contributed by atoms with Crippen molar-refractivity contribution in [3.63, 3.8) is 0 Å². The van der Waals surface area contributed by atoms with E-state index in [0.29, 0.717) is 0 Å². The van der Waals surface area contributed by atoms with Gasteiger partial charge in [0.2, 0.25) is 0 Å². The molecule has 0 bridgehead atoms. The summed E-state index contributed by atoms with van der Waals surface area (Å²) in [6.45, 7) is 8.68. The normalized spacial score (nSPS) is 22.6. The highest BCUT2D eigenvalue weighted by Gasteiger charge is 2.22. The molecule has 0 fully saturated rings. The maximum atomic E-state index is 6.21. The van der Waals surface area contributed by atoms with Crippen molar-refractivity contribution in [3.8, 4) is 0 Å². The molecule has 1 aliphatic rings. The van der Waals surface area contributed by atoms with Crippen LogP contribution in [0.2, 0.25) is 5.31 Å². The van der Waals surface area contributed by atoms with Gasteiger partial charge in [-0.3, -0.25) is 0 Å². The first-order valence-corrected chi connectivity index (χ1v) is 5.13. The largest absolute Gasteiger partial charge is 0.0802 e. The molecule has 0 aromatic rings. The molecule has 1 unspecified atom stereocenters. The average Bonchev–Trinajstić information content (AvgIpc) is 2.09. The minimum Gasteiger partial charge on any atom is -0.0725 e. The van der Waals surface area contributed by atoms with Gasteiger partial charge in [0.15, 0.2) is 0 Å². The highest BCUT2D eigenvalue weighted by Crippen LogP contribution is 2.41. The fourth-order valence-electron chi connectivity index (χ4n) is 1.65. The quantitative estimate of drug-likeness (QED) is 0.558. The maximum Gasteiger partial charge on any atom is 0.0802 e. The second-order valence-electron chi connectivity index (χ2n) is 4.40. The first-order chi connectivity index (χ1) is 5.97. The first-order valence-electron chi connectivity index (χ1n) is 5.13. The van der Waals surface area contributed by atoms with E-state index in [1.54, 1.807) is 0 Å². The zero-order valence-corrected chi connectivity index (χ0v) is 9.28. The fourth-order valence-corrected chi connectivity index (χ4v) is 1.65. The number of allylic oxidation sites excluding steroid dienone is 4. The smallest absolute Gasteiger partial charge is 0.0725 e. The molecule has 2 radical (unpaired) electrons. The van der Waals surface area contributed by atoms with Crippen LogP contribution in [-0.2, 0) is 0 Å². The molecule has 1 atom stereocenters. The summed E-state index contributed by atoms with van der Waals surface area (Å²) in [5, 5.41) is -0.0953. The minimum absolute atomic E-state index is 0.0953. The van der Waals surface area contributed by atoms with Gasteiger partial charge in [-0.15, -0.1) is 0 Å². The van der Waals surface area contributed by atoms with Gasteiger partial charge < -0.3 is 0 Å². The van der Waals surface area contributed by atoms with Crippen molar-refractivity contribution in [1.29, 1.82) is 0 Å². The Morgan fingerprint density at radius 2 is 2.00 bits per heavy atom. The van der Waals surface area contributed by atoms with Crippen LogP contribution < -0.4 is 0 Å². The molecular weight excluding hydrogens is 155 g/mol. The Balaban J connectivity index is 2.91. The third-order valence-electron chi connectivity index (χ3n) is 3.30. The lowest BCUT2D eigenvalue weighted by atomic mass is 9.61. The molecule has 13 heavy (non-hydrogen) atoms. The van der Waals surface area contributed by atoms with Gasteiger partial charge in [-0.2, -0.15) is 0 Å². The van der Waals surface area contributed by atoms with E-state index in [4.69, 9.17) is 7.85 Å². The molecule has 0 saturated carbocycles. The molecule has 1 heteroatoms. The number of hydrogen-bond acceptors (Lipinski definition) is 0. The van der Waals surface area contributed by atoms with Gasteiger partial charge in [0.25, 0.3) is 0 Å². The van der Waals surface area contributed by atoms with Gasteiger partial charge in [0.1, 0.15) is 0 Å². The predicted octanol–water partition coefficient (Wildman–Crippen LogP) is 3.80. The zero-order valence-electron chi connectivity index (χ0n) is 9.28. The SMILES string of the molecule is [B]C(C)(CC)C1=CC(C)=C(C)CC1. The zero-order chi connectivity index (χ0) is 10.1. The Hall–Kier alpha value is -0.455. The minimum atomic E-state index is -0.0953. The van der Waals surface area contributed by atoms with E-state index < -0.39 is 0 Å². The van der Waals surface area contributed by atoms with Gasteiger partial charge in [-0.25, -0.2) is 0 Å². The third kappa shape index (κ3) is 2.27. The Morgan fingerprint density at radius 1 is 1.38 bits per heavy atom. The van der Waals surface area contributed by atoms with Crippen LogP contribution in [0.1, 0.15) is 47.0 Å². The van der Waals surface area contributed by atoms with E-state index in [9.17, 15) is 0 Å². The van der Waals surface area contributed by atoms with Crippen molar-refractivity contribution in [3.05, 3.63) is 22.8 Å². The molecule has 1 aliphatic carbocycles. The van der Waals surface area contributed by atoms with E-state index in [2.05, 4.69) is 33.8 Å². The molecule has 0 aromatic heterocycles. The first kappa shape index (κ1) is 10.6. The Kier molecular flexibility index (Phi) is 3.05. The van der Waals surface area contributed by atoms with Gasteiger partial charge in [-0.05, 0) is 32.0 Å². The van der Waals surface area contributed by atoms with E-state index in [0.717, 1.165) is 12.8 Å². The van der Waals surface area contributed by atoms with Gasteiger partial charge in [0, 0.05) is 0 Å². The monoisotopic (exact) mass is 174 g/mol. The van der Waals surface area contributed by atoms with E-state index >= 15 is 0 Å². The van der Waals surface area contributed by atoms with Gasteiger partial charge >= 0.3 is 0 Å². The Labute approximate surface area is 83.5 Å². The van der Waals surface area contributed by atoms with Gasteiger partial charge in [0.05, 0.1) is 7.85 Å². The summed E-state index contributed by atoms with van der Waals surface area (Å²) < 4.78 is 0. The summed E-state index contributed by atoms with van der Waals surface area (Å²) in [6.07, 6.45) is 5.63. The lowest BCUT2D eigenvalue weighted by Gasteiger charge is -2.30. The summed E-state index contributed by atoms with van der Waals surface area (Å²) in [5.74, 6) is 0. The molecule has 0 saturated heterocycles. The topological polar surface area (TPSA) is 0 Å². The van der Waals surface area contributed by atoms with E-state index in [-0.39, 0.29) is 5.31 Å². The van der Waals surface area contributed by atoms with Crippen LogP contribution in [0.25, 0.3) is 0 Å². The number of rotatable bonds is 2. The molecule has 70 valence electrons. The third-order valence-corrected chi connectivity index (χ3v) is 3.30. The Bertz CT molecular complexity index is 256. The van der Waals surface area contributed by atoms with Crippen LogP contribution in [0.15, 0.2) is 22.8 Å². The predicted molar refractivity (Wildman–Crippen MR) is 60.1 cm³/mol. The van der Waals surface area contributed by atoms with Crippen molar-refractivity contribution in [2.45, 2.75) is 52.3 Å². The second kappa shape index (κ2) is 3.73. The molecule has 0 heterocycles. The number of hydrogen-bond donors (Lipinski definition) is 0. The van der Waals surface area contributed by atoms with Crippen molar-refractivity contribution in [1.82, 2.24) is 0 Å². The van der Waals surface area contributed by atoms with E-state index in [1.165, 1.54) is 23.1 Å². The van der Waals surface area contributed by atoms with Crippen LogP contribution in [-0.4, -0.2) is 7.85 Å². The molecular formula is C12H19B. The standard InChI is InChI=1S/C12H19B/c1-5-12(4,13)11-7-6-9(2)10(3)8-11/h8H,5-7H2,1-4H3. The van der Waals surface area contributed by atoms with Crippen molar-refractivity contribution < 1.29 is 0 Å². The van der Waals surface area contributed by atoms with Crippen molar-refractivity contribution in [2.75, 3.05) is 0 Å². The second-order valence-corrected chi connectivity index (χ2v) is 4.40. The molecule has 0 aliphatic heterocycles. The summed E-state index contributed by atoms with van der Waals surface area (Å²) in [4.78, 5) is 0. The molecule has 0 N–H and O–H groups in total. The van der Waals surface area contributed by atoms with Crippen molar-refractivity contribution >= 4 is 7.85 Å². The summed E-state index contributed by atoms with van der Waals surface area (Å²) in [5.41, 5.74) is 4.33. The van der Waals surface area contributed by atoms with Crippen LogP contribution >= 0.6 is 0 Å². The maximum absolute atomic E-state index is 6.21. The molecule has 0 nitrogen and oxygen atoms in total. The summed E-state index contributed by atoms with van der Waals surface area (Å²) in [6, 6.07) is 0. The lowest BCUT2D eigenvalue weighted by Crippen LogP contribution is -2.13. The van der Waals surface area contributed by atoms with Crippen molar-refractivity contribution in [2.24, 2.45) is 0 Å². The molecule has 0 amide bonds. The summed E-state index contributed by atoms with van der Waals surface area (Å²) in [7, 11) is 6.21. The van der Waals surface area contributed by atoms with Crippen LogP contribution in [0.3, 0.4) is 0 Å². The average molecular weight is 174 g/mol. The lowest BCUT2D eigenvalue weighted by molar-refractivity contribution is 0.638. The molecule has 1 rings (SSSR count). The fraction of sp³-hybridized carbons (Fsp3) is 0.667. The van der Waals surface area contributed by atoms with Crippen LogP contribution in [0.4, 0.5) is 0 Å². The van der Waals surface area contributed by atoms with E-state index in [1.807, 2.05) is 0 Å². The molecule has 0 aromatic carbocycles. The van der Waals surface area contributed by atoms with Crippen LogP contribution in [0, 0.1) is 0 Å². The highest BCUT2D eigenvalue weighted by molar-refractivity contribution is 6.17. The van der Waals surface area contributed by atoms with Gasteiger partial charge in [-0.1, -0.05) is 43.1 Å². The molecule has 0 spiro atoms. The van der Waals surface area contributed by atoms with Crippen LogP contribution in [0.5, 0.6) is 0 Å². The Morgan fingerprint density at radius 3 is 2.46 bits per heavy atom.